The molecule has 1 amide bonds. The Morgan fingerprint density at radius 2 is 1.83 bits per heavy atom. The van der Waals surface area contributed by atoms with Crippen LogP contribution in [-0.2, 0) is 11.1 Å². The lowest BCUT2D eigenvalue weighted by Crippen LogP contribution is -2.53. The number of methoxy groups -OCH3 is 1. The predicted molar refractivity (Wildman–Crippen MR) is 142 cm³/mol. The van der Waals surface area contributed by atoms with Crippen LogP contribution in [0.5, 0.6) is 11.5 Å². The van der Waals surface area contributed by atoms with Gasteiger partial charge in [-0.1, -0.05) is 0 Å². The minimum atomic E-state index is -5.23. The Hall–Kier alpha value is -3.74. The van der Waals surface area contributed by atoms with Crippen molar-refractivity contribution in [1.82, 2.24) is 15.6 Å². The van der Waals surface area contributed by atoms with E-state index in [1.807, 2.05) is 6.92 Å². The second-order valence-corrected chi connectivity index (χ2v) is 10.2. The fraction of sp³-hybridized carbons (Fsp3) is 0.379. The summed E-state index contributed by atoms with van der Waals surface area (Å²) in [6, 6.07) is 11.9. The van der Waals surface area contributed by atoms with Crippen molar-refractivity contribution >= 4 is 5.91 Å². The number of pyridine rings is 1. The standard InChI is InChI=1S/C29H31F4N3O5/c1-17(37)15-41-23-9-6-19(12-24(23)40-3)26(38)34-16-28(39,29(31,32)33)25-14-20(27(2)10-11-35-27)13-22(36-25)18-4-7-21(30)8-5-18/h4-9,12-14,17,35,37,39H,10-11,15-16H2,1-3H3,(H,34,38)/t17-,27?,28-/m1/s1. The summed E-state index contributed by atoms with van der Waals surface area (Å²) < 4.78 is 67.7. The van der Waals surface area contributed by atoms with Crippen molar-refractivity contribution in [3.05, 3.63) is 77.2 Å². The summed E-state index contributed by atoms with van der Waals surface area (Å²) in [7, 11) is 1.32. The summed E-state index contributed by atoms with van der Waals surface area (Å²) in [6.45, 7) is 2.72. The zero-order valence-corrected chi connectivity index (χ0v) is 22.7. The Kier molecular flexibility index (Phi) is 8.57. The Morgan fingerprint density at radius 1 is 1.15 bits per heavy atom. The molecule has 1 saturated heterocycles. The number of aromatic nitrogens is 1. The molecule has 8 nitrogen and oxygen atoms in total. The number of benzene rings is 2. The van der Waals surface area contributed by atoms with Crippen LogP contribution >= 0.6 is 0 Å². The van der Waals surface area contributed by atoms with Crippen molar-refractivity contribution < 1.29 is 42.0 Å². The summed E-state index contributed by atoms with van der Waals surface area (Å²) in [6.07, 6.45) is -5.35. The molecule has 3 aromatic rings. The zero-order chi connectivity index (χ0) is 30.0. The average molecular weight is 578 g/mol. The van der Waals surface area contributed by atoms with Crippen LogP contribution in [0, 0.1) is 5.82 Å². The molecule has 0 aliphatic carbocycles. The number of carbonyl (C=O) groups is 1. The largest absolute Gasteiger partial charge is 0.493 e. The fourth-order valence-electron chi connectivity index (χ4n) is 4.36. The Morgan fingerprint density at radius 3 is 2.39 bits per heavy atom. The smallest absolute Gasteiger partial charge is 0.424 e. The molecule has 0 saturated carbocycles. The Balaban J connectivity index is 1.67. The first-order chi connectivity index (χ1) is 19.3. The van der Waals surface area contributed by atoms with Crippen LogP contribution in [0.3, 0.4) is 0 Å². The molecular weight excluding hydrogens is 546 g/mol. The number of nitrogens with one attached hydrogen (secondary N) is 2. The quantitative estimate of drug-likeness (QED) is 0.269. The molecule has 4 rings (SSSR count). The normalized spacial score (nSPS) is 19.0. The van der Waals surface area contributed by atoms with E-state index < -0.39 is 47.4 Å². The molecule has 0 bridgehead atoms. The number of halogens is 4. The highest BCUT2D eigenvalue weighted by Crippen LogP contribution is 2.41. The number of hydrogen-bond donors (Lipinski definition) is 4. The number of rotatable bonds is 10. The highest BCUT2D eigenvalue weighted by molar-refractivity contribution is 5.95. The molecule has 220 valence electrons. The van der Waals surface area contributed by atoms with Crippen LogP contribution < -0.4 is 20.1 Å². The number of aliphatic hydroxyl groups excluding tert-OH is 1. The van der Waals surface area contributed by atoms with Gasteiger partial charge in [-0.2, -0.15) is 13.2 Å². The molecule has 2 aromatic carbocycles. The number of nitrogens with zero attached hydrogens (tertiary/aromatic N) is 1. The van der Waals surface area contributed by atoms with Crippen molar-refractivity contribution in [2.75, 3.05) is 26.8 Å². The topological polar surface area (TPSA) is 113 Å². The van der Waals surface area contributed by atoms with Crippen LogP contribution in [0.25, 0.3) is 11.3 Å². The number of amides is 1. The summed E-state index contributed by atoms with van der Waals surface area (Å²) in [5.74, 6) is -1.07. The third kappa shape index (κ3) is 6.45. The van der Waals surface area contributed by atoms with Gasteiger partial charge < -0.3 is 30.3 Å². The van der Waals surface area contributed by atoms with Crippen molar-refractivity contribution in [1.29, 1.82) is 0 Å². The highest BCUT2D eigenvalue weighted by Gasteiger charge is 2.57. The molecular formula is C29H31F4N3O5. The number of aliphatic hydroxyl groups is 2. The van der Waals surface area contributed by atoms with Crippen LogP contribution in [0.4, 0.5) is 17.6 Å². The second kappa shape index (κ2) is 11.6. The van der Waals surface area contributed by atoms with Gasteiger partial charge in [0.1, 0.15) is 12.4 Å². The van der Waals surface area contributed by atoms with E-state index in [1.54, 1.807) is 6.07 Å². The molecule has 41 heavy (non-hydrogen) atoms. The minimum absolute atomic E-state index is 0.0406. The maximum absolute atomic E-state index is 14.5. The van der Waals surface area contributed by atoms with E-state index in [1.165, 1.54) is 50.4 Å². The third-order valence-corrected chi connectivity index (χ3v) is 7.05. The van der Waals surface area contributed by atoms with E-state index in [4.69, 9.17) is 9.47 Å². The number of alkyl halides is 3. The van der Waals surface area contributed by atoms with Crippen LogP contribution in [0.1, 0.15) is 41.9 Å². The Labute approximate surface area is 234 Å². The lowest BCUT2D eigenvalue weighted by molar-refractivity contribution is -0.265. The fourth-order valence-corrected chi connectivity index (χ4v) is 4.36. The Bertz CT molecular complexity index is 1390. The van der Waals surface area contributed by atoms with Crippen molar-refractivity contribution in [3.8, 4) is 22.8 Å². The number of ether oxygens (including phenoxy) is 2. The van der Waals surface area contributed by atoms with Gasteiger partial charge in [0.25, 0.3) is 5.91 Å². The molecule has 1 unspecified atom stereocenters. The van der Waals surface area contributed by atoms with E-state index in [9.17, 15) is 32.6 Å². The summed E-state index contributed by atoms with van der Waals surface area (Å²) in [5, 5.41) is 25.9. The first kappa shape index (κ1) is 30.2. The highest BCUT2D eigenvalue weighted by atomic mass is 19.4. The summed E-state index contributed by atoms with van der Waals surface area (Å²) in [5.41, 5.74) is -4.05. The minimum Gasteiger partial charge on any atom is -0.493 e. The van der Waals surface area contributed by atoms with E-state index >= 15 is 0 Å². The van der Waals surface area contributed by atoms with Gasteiger partial charge in [-0.3, -0.25) is 4.79 Å². The average Bonchev–Trinajstić information content (AvgIpc) is 2.92. The van der Waals surface area contributed by atoms with Crippen molar-refractivity contribution in [2.24, 2.45) is 0 Å². The van der Waals surface area contributed by atoms with Gasteiger partial charge in [-0.15, -0.1) is 0 Å². The molecule has 4 N–H and O–H groups in total. The number of carbonyl (C=O) groups excluding carboxylic acids is 1. The first-order valence-electron chi connectivity index (χ1n) is 12.9. The molecule has 3 atom stereocenters. The zero-order valence-electron chi connectivity index (χ0n) is 22.7. The number of hydrogen-bond acceptors (Lipinski definition) is 7. The van der Waals surface area contributed by atoms with Gasteiger partial charge in [-0.25, -0.2) is 9.37 Å². The van der Waals surface area contributed by atoms with Crippen LogP contribution in [0.2, 0.25) is 0 Å². The van der Waals surface area contributed by atoms with Crippen molar-refractivity contribution in [3.63, 3.8) is 0 Å². The van der Waals surface area contributed by atoms with Crippen LogP contribution in [-0.4, -0.2) is 60.2 Å². The van der Waals surface area contributed by atoms with E-state index in [-0.39, 0.29) is 29.4 Å². The van der Waals surface area contributed by atoms with E-state index in [0.29, 0.717) is 24.1 Å². The maximum atomic E-state index is 14.5. The molecule has 1 aromatic heterocycles. The lowest BCUT2D eigenvalue weighted by Gasteiger charge is -2.41. The molecule has 1 aliphatic rings. The molecule has 12 heteroatoms. The summed E-state index contributed by atoms with van der Waals surface area (Å²) in [4.78, 5) is 17.0. The van der Waals surface area contributed by atoms with Crippen LogP contribution in [0.15, 0.2) is 54.6 Å². The molecule has 1 fully saturated rings. The van der Waals surface area contributed by atoms with Gasteiger partial charge >= 0.3 is 6.18 Å². The molecule has 1 aliphatic heterocycles. The monoisotopic (exact) mass is 577 g/mol. The predicted octanol–water partition coefficient (Wildman–Crippen LogP) is 4.04. The van der Waals surface area contributed by atoms with Gasteiger partial charge in [0.15, 0.2) is 11.5 Å². The summed E-state index contributed by atoms with van der Waals surface area (Å²) >= 11 is 0. The van der Waals surface area contributed by atoms with Gasteiger partial charge in [-0.05, 0) is 87.0 Å². The molecule has 0 radical (unpaired) electrons. The second-order valence-electron chi connectivity index (χ2n) is 10.2. The molecule has 0 spiro atoms. The maximum Gasteiger partial charge on any atom is 0.424 e. The molecule has 2 heterocycles. The third-order valence-electron chi connectivity index (χ3n) is 7.05. The SMILES string of the molecule is COc1cc(C(=O)NC[C@@](O)(c2cc(C3(C)CCN3)cc(-c3ccc(F)cc3)n2)C(F)(F)F)ccc1OC[C@@H](C)O. The van der Waals surface area contributed by atoms with E-state index in [2.05, 4.69) is 15.6 Å². The van der Waals surface area contributed by atoms with Crippen molar-refractivity contribution in [2.45, 2.75) is 43.7 Å². The van der Waals surface area contributed by atoms with Gasteiger partial charge in [0, 0.05) is 16.7 Å². The van der Waals surface area contributed by atoms with Gasteiger partial charge in [0.2, 0.25) is 5.60 Å². The lowest BCUT2D eigenvalue weighted by atomic mass is 9.81. The van der Waals surface area contributed by atoms with E-state index in [0.717, 1.165) is 12.1 Å². The van der Waals surface area contributed by atoms with Gasteiger partial charge in [0.05, 0.1) is 31.1 Å². The first-order valence-corrected chi connectivity index (χ1v) is 12.9.